The molecule has 0 spiro atoms. The lowest BCUT2D eigenvalue weighted by Gasteiger charge is -2.32. The van der Waals surface area contributed by atoms with Gasteiger partial charge in [0, 0.05) is 14.1 Å². The number of guanidine groups is 1. The van der Waals surface area contributed by atoms with E-state index in [0.29, 0.717) is 30.2 Å². The van der Waals surface area contributed by atoms with Gasteiger partial charge in [0.15, 0.2) is 0 Å². The Morgan fingerprint density at radius 3 is 2.32 bits per heavy atom. The number of nitrogens with zero attached hydrogens (tertiary/aromatic N) is 4. The summed E-state index contributed by atoms with van der Waals surface area (Å²) >= 11 is 0. The molecule has 1 unspecified atom stereocenters. The number of likely N-dealkylation sites (N-methyl/N-ethyl adjacent to an activating group) is 2. The van der Waals surface area contributed by atoms with Crippen molar-refractivity contribution in [2.75, 3.05) is 27.2 Å². The molecule has 0 saturated carbocycles. The van der Waals surface area contributed by atoms with Crippen LogP contribution >= 0.6 is 0 Å². The molecule has 1 saturated heterocycles. The maximum Gasteiger partial charge on any atom is 0.390 e. The topological polar surface area (TPSA) is 68.0 Å². The Morgan fingerprint density at radius 1 is 1.14 bits per heavy atom. The van der Waals surface area contributed by atoms with Crippen LogP contribution in [0.15, 0.2) is 4.99 Å². The predicted molar refractivity (Wildman–Crippen MR) is 85.0 cm³/mol. The van der Waals surface area contributed by atoms with Gasteiger partial charge < -0.3 is 0 Å². The van der Waals surface area contributed by atoms with Gasteiger partial charge in [0.2, 0.25) is 11.9 Å². The molecule has 1 N–H and O–H groups in total. The number of rotatable bonds is 4. The van der Waals surface area contributed by atoms with Crippen LogP contribution in [0.1, 0.15) is 27.7 Å². The second-order valence-corrected chi connectivity index (χ2v) is 6.76. The third-order valence-corrected chi connectivity index (χ3v) is 3.76. The Balaban J connectivity index is 2.38. The van der Waals surface area contributed by atoms with Crippen LogP contribution in [0.3, 0.4) is 0 Å². The van der Waals surface area contributed by atoms with Gasteiger partial charge in [0.25, 0.3) is 5.91 Å². The van der Waals surface area contributed by atoms with Crippen LogP contribution in [0, 0.1) is 11.8 Å². The zero-order chi connectivity index (χ0) is 16.6. The Hall–Kier alpha value is -1.92. The second-order valence-electron chi connectivity index (χ2n) is 6.76. The monoisotopic (exact) mass is 308 g/mol. The van der Waals surface area contributed by atoms with E-state index in [2.05, 4.69) is 38.0 Å². The molecule has 2 heterocycles. The van der Waals surface area contributed by atoms with Crippen molar-refractivity contribution in [3.63, 3.8) is 0 Å². The van der Waals surface area contributed by atoms with E-state index in [9.17, 15) is 9.59 Å². The molecular weight excluding hydrogens is 282 g/mol. The summed E-state index contributed by atoms with van der Waals surface area (Å²) in [4.78, 5) is 31.8. The summed E-state index contributed by atoms with van der Waals surface area (Å²) in [6.07, 6.45) is 0. The van der Waals surface area contributed by atoms with Crippen molar-refractivity contribution >= 4 is 23.7 Å². The number of amidine groups is 1. The first-order valence-corrected chi connectivity index (χ1v) is 7.75. The smallest absolute Gasteiger partial charge is 0.274 e. The lowest BCUT2D eigenvalue weighted by atomic mass is 10.1. The lowest BCUT2D eigenvalue weighted by Crippen LogP contribution is -2.61. The molecular formula is C15H26N5O2+. The quantitative estimate of drug-likeness (QED) is 0.772. The fourth-order valence-corrected chi connectivity index (χ4v) is 2.62. The molecule has 2 aliphatic heterocycles. The molecule has 0 aromatic carbocycles. The third-order valence-electron chi connectivity index (χ3n) is 3.76. The number of fused-ring (bicyclic) bond motifs is 1. The van der Waals surface area contributed by atoms with Crippen molar-refractivity contribution in [3.05, 3.63) is 0 Å². The first kappa shape index (κ1) is 16.5. The van der Waals surface area contributed by atoms with E-state index in [0.717, 1.165) is 6.54 Å². The van der Waals surface area contributed by atoms with Crippen LogP contribution in [0.5, 0.6) is 0 Å². The number of carbonyl (C=O) groups is 2. The molecule has 1 atom stereocenters. The van der Waals surface area contributed by atoms with Crippen molar-refractivity contribution in [2.45, 2.75) is 33.7 Å². The van der Waals surface area contributed by atoms with Gasteiger partial charge in [0.1, 0.15) is 0 Å². The van der Waals surface area contributed by atoms with E-state index in [-0.39, 0.29) is 11.9 Å². The van der Waals surface area contributed by atoms with Crippen molar-refractivity contribution < 1.29 is 14.2 Å². The highest BCUT2D eigenvalue weighted by Gasteiger charge is 2.51. The highest BCUT2D eigenvalue weighted by molar-refractivity contribution is 6.22. The average molecular weight is 308 g/mol. The van der Waals surface area contributed by atoms with Crippen molar-refractivity contribution in [2.24, 2.45) is 16.8 Å². The number of imide groups is 1. The van der Waals surface area contributed by atoms with E-state index in [4.69, 9.17) is 0 Å². The summed E-state index contributed by atoms with van der Waals surface area (Å²) < 4.78 is 1.98. The van der Waals surface area contributed by atoms with E-state index in [1.807, 2.05) is 4.58 Å². The minimum atomic E-state index is -0.509. The molecule has 0 aliphatic carbocycles. The van der Waals surface area contributed by atoms with Crippen LogP contribution in [0.25, 0.3) is 0 Å². The van der Waals surface area contributed by atoms with E-state index >= 15 is 0 Å². The maximum atomic E-state index is 12.6. The van der Waals surface area contributed by atoms with Crippen LogP contribution in [0.4, 0.5) is 4.79 Å². The average Bonchev–Trinajstić information content (AvgIpc) is 2.78. The molecule has 0 aromatic rings. The molecule has 2 aliphatic rings. The number of carbonyl (C=O) groups excluding carboxylic acids is 2. The largest absolute Gasteiger partial charge is 0.390 e. The summed E-state index contributed by atoms with van der Waals surface area (Å²) in [5, 5.41) is 3.31. The zero-order valence-electron chi connectivity index (χ0n) is 14.3. The van der Waals surface area contributed by atoms with E-state index in [1.165, 1.54) is 16.8 Å². The fourth-order valence-electron chi connectivity index (χ4n) is 2.62. The number of nitrogens with one attached hydrogen (secondary N) is 1. The molecule has 0 radical (unpaired) electrons. The van der Waals surface area contributed by atoms with Crippen molar-refractivity contribution in [1.29, 1.82) is 0 Å². The predicted octanol–water partition coefficient (Wildman–Crippen LogP) is 0.561. The second kappa shape index (κ2) is 6.06. The third kappa shape index (κ3) is 2.84. The first-order chi connectivity index (χ1) is 10.2. The van der Waals surface area contributed by atoms with E-state index < -0.39 is 6.04 Å². The fraction of sp³-hybridized carbons (Fsp3) is 0.733. The van der Waals surface area contributed by atoms with Crippen LogP contribution in [-0.4, -0.2) is 71.3 Å². The summed E-state index contributed by atoms with van der Waals surface area (Å²) in [5.74, 6) is 1.83. The minimum Gasteiger partial charge on any atom is -0.274 e. The molecule has 1 fully saturated rings. The normalized spacial score (nSPS) is 22.0. The molecule has 7 heteroatoms. The van der Waals surface area contributed by atoms with Crippen molar-refractivity contribution in [3.8, 4) is 0 Å². The minimum absolute atomic E-state index is 0.219. The Labute approximate surface area is 131 Å². The van der Waals surface area contributed by atoms with Gasteiger partial charge in [0.05, 0.1) is 13.1 Å². The van der Waals surface area contributed by atoms with Gasteiger partial charge in [-0.15, -0.1) is 0 Å². The van der Waals surface area contributed by atoms with Gasteiger partial charge in [-0.3, -0.25) is 19.9 Å². The van der Waals surface area contributed by atoms with E-state index in [1.54, 1.807) is 7.05 Å². The zero-order valence-corrected chi connectivity index (χ0v) is 14.3. The lowest BCUT2D eigenvalue weighted by molar-refractivity contribution is -0.543. The first-order valence-electron chi connectivity index (χ1n) is 7.75. The SMILES string of the molecule is CC(C)CNC1=[N+](CC(C)C)C2C(=O)N(C)C(=O)N(C)C2=N1. The maximum absolute atomic E-state index is 12.6. The van der Waals surface area contributed by atoms with Crippen LogP contribution < -0.4 is 5.32 Å². The summed E-state index contributed by atoms with van der Waals surface area (Å²) in [6.45, 7) is 9.91. The van der Waals surface area contributed by atoms with Crippen molar-refractivity contribution in [1.82, 2.24) is 15.1 Å². The molecule has 0 aromatic heterocycles. The number of hydrogen-bond donors (Lipinski definition) is 1. The number of amides is 3. The molecule has 3 amide bonds. The molecule has 122 valence electrons. The molecule has 7 nitrogen and oxygen atoms in total. The standard InChI is InChI=1S/C15H25N5O2/c1-9(2)7-16-14-17-12-11(20(14)8-10(3)4)13(21)19(6)15(22)18(12)5/h9-11H,7-8H2,1-6H3/p+1. The van der Waals surface area contributed by atoms with Gasteiger partial charge in [-0.25, -0.2) is 9.37 Å². The van der Waals surface area contributed by atoms with Crippen LogP contribution in [0.2, 0.25) is 0 Å². The van der Waals surface area contributed by atoms with Gasteiger partial charge in [-0.1, -0.05) is 32.7 Å². The highest BCUT2D eigenvalue weighted by atomic mass is 16.2. The van der Waals surface area contributed by atoms with Crippen LogP contribution in [-0.2, 0) is 4.79 Å². The molecule has 22 heavy (non-hydrogen) atoms. The highest BCUT2D eigenvalue weighted by Crippen LogP contribution is 2.19. The Morgan fingerprint density at radius 2 is 1.77 bits per heavy atom. The van der Waals surface area contributed by atoms with Gasteiger partial charge in [-0.05, 0) is 11.8 Å². The number of hydrogen-bond acceptors (Lipinski definition) is 4. The Kier molecular flexibility index (Phi) is 4.53. The summed E-state index contributed by atoms with van der Waals surface area (Å²) in [7, 11) is 3.18. The number of aliphatic imine (C=N–C) groups is 1. The molecule has 2 rings (SSSR count). The molecule has 0 bridgehead atoms. The summed E-state index contributed by atoms with van der Waals surface area (Å²) in [6, 6.07) is -0.848. The summed E-state index contributed by atoms with van der Waals surface area (Å²) in [5.41, 5.74) is 0. The van der Waals surface area contributed by atoms with Gasteiger partial charge >= 0.3 is 12.0 Å². The Bertz CT molecular complexity index is 550. The van der Waals surface area contributed by atoms with Gasteiger partial charge in [-0.2, -0.15) is 0 Å². The number of urea groups is 1.